The molecule has 3 heterocycles. The Morgan fingerprint density at radius 2 is 1.69 bits per heavy atom. The van der Waals surface area contributed by atoms with E-state index in [0.29, 0.717) is 10.8 Å². The Morgan fingerprint density at radius 1 is 0.917 bits per heavy atom. The number of thiocarbonyl (C=S) groups is 1. The van der Waals surface area contributed by atoms with Gasteiger partial charge in [-0.1, -0.05) is 12.1 Å². The second-order valence-corrected chi connectivity index (χ2v) is 9.15. The fourth-order valence-electron chi connectivity index (χ4n) is 4.55. The van der Waals surface area contributed by atoms with Gasteiger partial charge in [0, 0.05) is 49.2 Å². The van der Waals surface area contributed by atoms with Crippen molar-refractivity contribution >= 4 is 28.7 Å². The van der Waals surface area contributed by atoms with Crippen molar-refractivity contribution in [3.63, 3.8) is 0 Å². The van der Waals surface area contributed by atoms with Crippen LogP contribution < -0.4 is 15.1 Å². The van der Waals surface area contributed by atoms with Crippen LogP contribution in [0.3, 0.4) is 0 Å². The first kappa shape index (κ1) is 23.9. The molecule has 5 rings (SSSR count). The van der Waals surface area contributed by atoms with Crippen LogP contribution in [0.5, 0.6) is 0 Å². The van der Waals surface area contributed by atoms with Crippen molar-refractivity contribution in [1.29, 1.82) is 0 Å². The van der Waals surface area contributed by atoms with E-state index >= 15 is 0 Å². The summed E-state index contributed by atoms with van der Waals surface area (Å²) in [6, 6.07) is 22.1. The molecule has 9 heteroatoms. The zero-order chi connectivity index (χ0) is 25.4. The molecule has 0 saturated carbocycles. The number of anilines is 2. The number of rotatable bonds is 5. The van der Waals surface area contributed by atoms with E-state index in [2.05, 4.69) is 10.3 Å². The maximum Gasteiger partial charge on any atom is 0.416 e. The quantitative estimate of drug-likeness (QED) is 0.329. The number of nitrogens with zero attached hydrogens (tertiary/aromatic N) is 4. The Bertz CT molecular complexity index is 1370. The minimum absolute atomic E-state index is 0.313. The highest BCUT2D eigenvalue weighted by Crippen LogP contribution is 2.42. The van der Waals surface area contributed by atoms with Gasteiger partial charge in [-0.25, -0.2) is 0 Å². The fourth-order valence-corrected chi connectivity index (χ4v) is 4.89. The first-order valence-electron chi connectivity index (χ1n) is 11.4. The Labute approximate surface area is 212 Å². The Morgan fingerprint density at radius 3 is 2.36 bits per heavy atom. The fraction of sp³-hybridized carbons (Fsp3) is 0.185. The van der Waals surface area contributed by atoms with Gasteiger partial charge in [0.1, 0.15) is 6.04 Å². The highest BCUT2D eigenvalue weighted by Gasteiger charge is 2.42. The molecule has 4 aromatic rings. The summed E-state index contributed by atoms with van der Waals surface area (Å²) in [5.74, 6) is 0. The van der Waals surface area contributed by atoms with Crippen molar-refractivity contribution in [3.8, 4) is 5.69 Å². The first-order chi connectivity index (χ1) is 17.2. The molecule has 1 N–H and O–H groups in total. The minimum atomic E-state index is -4.43. The summed E-state index contributed by atoms with van der Waals surface area (Å²) in [4.78, 5) is 8.57. The van der Waals surface area contributed by atoms with Crippen LogP contribution in [0.15, 0.2) is 91.3 Å². The van der Waals surface area contributed by atoms with Crippen LogP contribution in [0.2, 0.25) is 0 Å². The van der Waals surface area contributed by atoms with E-state index in [9.17, 15) is 13.2 Å². The molecular weight excluding hydrogens is 483 g/mol. The topological polar surface area (TPSA) is 36.3 Å². The number of hydrogen-bond donors (Lipinski definition) is 1. The molecule has 36 heavy (non-hydrogen) atoms. The van der Waals surface area contributed by atoms with E-state index in [1.54, 1.807) is 23.0 Å². The summed E-state index contributed by atoms with van der Waals surface area (Å²) >= 11 is 5.78. The van der Waals surface area contributed by atoms with Crippen molar-refractivity contribution in [2.75, 3.05) is 23.9 Å². The average Bonchev–Trinajstić information content (AvgIpc) is 3.48. The number of halogens is 3. The van der Waals surface area contributed by atoms with Gasteiger partial charge in [-0.05, 0) is 78.9 Å². The van der Waals surface area contributed by atoms with Crippen molar-refractivity contribution in [2.45, 2.75) is 18.3 Å². The predicted molar refractivity (Wildman–Crippen MR) is 139 cm³/mol. The highest BCUT2D eigenvalue weighted by atomic mass is 32.1. The Balaban J connectivity index is 1.64. The monoisotopic (exact) mass is 507 g/mol. The largest absolute Gasteiger partial charge is 0.416 e. The number of pyridine rings is 1. The van der Waals surface area contributed by atoms with Crippen LogP contribution in [0.4, 0.5) is 24.5 Å². The maximum absolute atomic E-state index is 13.5. The van der Waals surface area contributed by atoms with Crippen molar-refractivity contribution in [3.05, 3.63) is 108 Å². The maximum atomic E-state index is 13.5. The van der Waals surface area contributed by atoms with Crippen molar-refractivity contribution in [2.24, 2.45) is 0 Å². The van der Waals surface area contributed by atoms with Crippen molar-refractivity contribution in [1.82, 2.24) is 14.9 Å². The van der Waals surface area contributed by atoms with Gasteiger partial charge < -0.3 is 19.7 Å². The van der Waals surface area contributed by atoms with Gasteiger partial charge in [-0.3, -0.25) is 4.98 Å². The van der Waals surface area contributed by atoms with Gasteiger partial charge >= 0.3 is 6.18 Å². The molecule has 2 atom stereocenters. The third-order valence-corrected chi connectivity index (χ3v) is 6.59. The van der Waals surface area contributed by atoms with E-state index in [4.69, 9.17) is 12.2 Å². The Hall–Kier alpha value is -3.85. The van der Waals surface area contributed by atoms with E-state index < -0.39 is 11.7 Å². The molecule has 1 aliphatic rings. The number of hydrogen-bond acceptors (Lipinski definition) is 3. The predicted octanol–water partition coefficient (Wildman–Crippen LogP) is 6.13. The molecule has 0 unspecified atom stereocenters. The van der Waals surface area contributed by atoms with E-state index in [1.807, 2.05) is 78.5 Å². The SMILES string of the molecule is CN(C)c1ccc(N2C(=S)N[C@H](c3ccccn3)[C@H]2c2cccn2-c2cccc(C(F)(F)F)c2)cc1. The normalized spacial score (nSPS) is 17.8. The van der Waals surface area contributed by atoms with Crippen LogP contribution >= 0.6 is 12.2 Å². The van der Waals surface area contributed by atoms with Crippen molar-refractivity contribution < 1.29 is 13.2 Å². The van der Waals surface area contributed by atoms with Gasteiger partial charge in [-0.15, -0.1) is 0 Å². The molecule has 1 aliphatic heterocycles. The van der Waals surface area contributed by atoms with Crippen LogP contribution in [-0.2, 0) is 6.18 Å². The number of benzene rings is 2. The number of aromatic nitrogens is 2. The second-order valence-electron chi connectivity index (χ2n) is 8.76. The standard InChI is InChI=1S/C27H24F3N5S/c1-33(2)19-11-13-20(14-12-19)35-25(24(32-26(35)36)22-9-3-4-15-31-22)23-10-6-16-34(23)21-8-5-7-18(17-21)27(28,29)30/h3-17,24-25H,1-2H3,(H,32,36)/t24-,25-/m1/s1. The van der Waals surface area contributed by atoms with Gasteiger partial charge in [-0.2, -0.15) is 13.2 Å². The molecule has 1 fully saturated rings. The van der Waals surface area contributed by atoms with Gasteiger partial charge in [0.2, 0.25) is 0 Å². The van der Waals surface area contributed by atoms with Gasteiger partial charge in [0.25, 0.3) is 0 Å². The molecule has 0 bridgehead atoms. The zero-order valence-corrected chi connectivity index (χ0v) is 20.5. The van der Waals surface area contributed by atoms with Gasteiger partial charge in [0.05, 0.1) is 17.3 Å². The lowest BCUT2D eigenvalue weighted by atomic mass is 10.0. The molecule has 2 aromatic carbocycles. The van der Waals surface area contributed by atoms with E-state index in [1.165, 1.54) is 6.07 Å². The average molecular weight is 508 g/mol. The summed E-state index contributed by atoms with van der Waals surface area (Å²) in [6.45, 7) is 0. The molecule has 1 saturated heterocycles. The van der Waals surface area contributed by atoms with Crippen LogP contribution in [0.1, 0.15) is 29.0 Å². The van der Waals surface area contributed by atoms with Crippen LogP contribution in [0, 0.1) is 0 Å². The number of nitrogens with one attached hydrogen (secondary N) is 1. The third kappa shape index (κ3) is 4.42. The number of alkyl halides is 3. The summed E-state index contributed by atoms with van der Waals surface area (Å²) in [7, 11) is 3.94. The summed E-state index contributed by atoms with van der Waals surface area (Å²) in [5.41, 5.74) is 3.21. The molecular formula is C27H24F3N5S. The highest BCUT2D eigenvalue weighted by molar-refractivity contribution is 7.80. The minimum Gasteiger partial charge on any atom is -0.378 e. The smallest absolute Gasteiger partial charge is 0.378 e. The molecule has 0 amide bonds. The first-order valence-corrected chi connectivity index (χ1v) is 11.8. The van der Waals surface area contributed by atoms with E-state index in [0.717, 1.165) is 34.9 Å². The molecule has 0 aliphatic carbocycles. The Kier molecular flexibility index (Phi) is 6.17. The second kappa shape index (κ2) is 9.31. The summed E-state index contributed by atoms with van der Waals surface area (Å²) in [5, 5.41) is 3.92. The molecule has 0 spiro atoms. The molecule has 2 aromatic heterocycles. The van der Waals surface area contributed by atoms with Gasteiger partial charge in [0.15, 0.2) is 5.11 Å². The lowest BCUT2D eigenvalue weighted by Crippen LogP contribution is -2.30. The van der Waals surface area contributed by atoms with Crippen LogP contribution in [0.25, 0.3) is 5.69 Å². The molecule has 0 radical (unpaired) electrons. The lowest BCUT2D eigenvalue weighted by molar-refractivity contribution is -0.137. The molecule has 184 valence electrons. The zero-order valence-electron chi connectivity index (χ0n) is 19.6. The summed E-state index contributed by atoms with van der Waals surface area (Å²) < 4.78 is 42.2. The van der Waals surface area contributed by atoms with Crippen LogP contribution in [-0.4, -0.2) is 28.8 Å². The third-order valence-electron chi connectivity index (χ3n) is 6.28. The lowest BCUT2D eigenvalue weighted by Gasteiger charge is -2.29. The van der Waals surface area contributed by atoms with E-state index in [-0.39, 0.29) is 12.1 Å². The summed E-state index contributed by atoms with van der Waals surface area (Å²) in [6.07, 6.45) is -0.941. The molecule has 5 nitrogen and oxygen atoms in total.